The summed E-state index contributed by atoms with van der Waals surface area (Å²) >= 11 is 7.76. The third-order valence-electron chi connectivity index (χ3n) is 3.01. The third-order valence-corrected chi connectivity index (χ3v) is 4.06. The first-order chi connectivity index (χ1) is 8.99. The molecule has 0 aromatic heterocycles. The Morgan fingerprint density at radius 2 is 2.05 bits per heavy atom. The number of aliphatic hydroxyl groups is 1. The number of nitrogens with one attached hydrogen (secondary N) is 1. The Morgan fingerprint density at radius 3 is 2.63 bits per heavy atom. The van der Waals surface area contributed by atoms with E-state index < -0.39 is 0 Å². The van der Waals surface area contributed by atoms with Crippen molar-refractivity contribution in [1.82, 2.24) is 5.32 Å². The molecule has 0 spiro atoms. The van der Waals surface area contributed by atoms with E-state index in [0.717, 1.165) is 16.9 Å². The van der Waals surface area contributed by atoms with Gasteiger partial charge in [0.1, 0.15) is 0 Å². The molecule has 3 nitrogen and oxygen atoms in total. The molecule has 0 heterocycles. The molecule has 0 aliphatic rings. The third kappa shape index (κ3) is 4.71. The van der Waals surface area contributed by atoms with E-state index in [-0.39, 0.29) is 18.6 Å². The molecule has 0 saturated heterocycles. The molecule has 1 aromatic carbocycles. The molecule has 0 bridgehead atoms. The summed E-state index contributed by atoms with van der Waals surface area (Å²) in [6, 6.07) is 3.58. The van der Waals surface area contributed by atoms with Gasteiger partial charge in [-0.25, -0.2) is 0 Å². The van der Waals surface area contributed by atoms with Gasteiger partial charge in [0.2, 0.25) is 0 Å². The second kappa shape index (κ2) is 7.78. The Labute approximate surface area is 123 Å². The minimum Gasteiger partial charge on any atom is -0.396 e. The highest BCUT2D eigenvalue weighted by molar-refractivity contribution is 7.98. The van der Waals surface area contributed by atoms with E-state index in [1.165, 1.54) is 0 Å². The number of thioether (sulfide) groups is 1. The Kier molecular flexibility index (Phi) is 6.69. The average Bonchev–Trinajstić information content (AvgIpc) is 2.34. The van der Waals surface area contributed by atoms with Crippen molar-refractivity contribution in [3.8, 4) is 0 Å². The number of aliphatic hydroxyl groups excluding tert-OH is 1. The highest BCUT2D eigenvalue weighted by Crippen LogP contribution is 2.21. The molecule has 1 unspecified atom stereocenters. The topological polar surface area (TPSA) is 49.3 Å². The predicted octanol–water partition coefficient (Wildman–Crippen LogP) is 2.80. The number of carbonyl (C=O) groups is 1. The van der Waals surface area contributed by atoms with Crippen LogP contribution in [0.4, 0.5) is 0 Å². The fourth-order valence-corrected chi connectivity index (χ4v) is 2.73. The van der Waals surface area contributed by atoms with E-state index in [1.54, 1.807) is 17.8 Å². The monoisotopic (exact) mass is 301 g/mol. The molecule has 0 aliphatic carbocycles. The summed E-state index contributed by atoms with van der Waals surface area (Å²) in [4.78, 5) is 12.2. The molecule has 1 atom stereocenters. The van der Waals surface area contributed by atoms with Crippen LogP contribution < -0.4 is 5.32 Å². The van der Waals surface area contributed by atoms with Crippen LogP contribution in [0.3, 0.4) is 0 Å². The van der Waals surface area contributed by atoms with Gasteiger partial charge in [-0.3, -0.25) is 4.79 Å². The lowest BCUT2D eigenvalue weighted by Crippen LogP contribution is -2.37. The fraction of sp³-hybridized carbons (Fsp3) is 0.500. The molecule has 0 aliphatic heterocycles. The number of rotatable bonds is 6. The van der Waals surface area contributed by atoms with E-state index in [2.05, 4.69) is 5.32 Å². The average molecular weight is 302 g/mol. The van der Waals surface area contributed by atoms with Crippen LogP contribution in [0.15, 0.2) is 12.1 Å². The van der Waals surface area contributed by atoms with Crippen LogP contribution in [-0.4, -0.2) is 35.7 Å². The van der Waals surface area contributed by atoms with Gasteiger partial charge in [-0.05, 0) is 49.8 Å². The molecule has 106 valence electrons. The maximum Gasteiger partial charge on any atom is 0.253 e. The van der Waals surface area contributed by atoms with Crippen molar-refractivity contribution in [1.29, 1.82) is 0 Å². The summed E-state index contributed by atoms with van der Waals surface area (Å²) in [5.74, 6) is 0.593. The number of benzene rings is 1. The quantitative estimate of drug-likeness (QED) is 0.849. The first-order valence-electron chi connectivity index (χ1n) is 6.17. The van der Waals surface area contributed by atoms with Crippen molar-refractivity contribution in [2.45, 2.75) is 26.3 Å². The highest BCUT2D eigenvalue weighted by Gasteiger charge is 2.16. The molecule has 19 heavy (non-hydrogen) atoms. The zero-order valence-corrected chi connectivity index (χ0v) is 13.1. The maximum absolute atomic E-state index is 12.2. The Balaban J connectivity index is 2.84. The lowest BCUT2D eigenvalue weighted by Gasteiger charge is -2.17. The number of aryl methyl sites for hydroxylation is 2. The minimum atomic E-state index is -0.180. The van der Waals surface area contributed by atoms with E-state index >= 15 is 0 Å². The van der Waals surface area contributed by atoms with Crippen LogP contribution >= 0.6 is 23.4 Å². The molecule has 2 N–H and O–H groups in total. The standard InChI is InChI=1S/C14H20ClNO2S/c1-9-6-12(13(15)7-10(9)2)14(18)16-11(4-5-17)8-19-3/h6-7,11,17H,4-5,8H2,1-3H3,(H,16,18). The van der Waals surface area contributed by atoms with Gasteiger partial charge in [0.25, 0.3) is 5.91 Å². The number of amides is 1. The van der Waals surface area contributed by atoms with Crippen molar-refractivity contribution in [3.05, 3.63) is 33.8 Å². The van der Waals surface area contributed by atoms with Crippen LogP contribution in [0.25, 0.3) is 0 Å². The second-order valence-corrected chi connectivity index (χ2v) is 5.87. The van der Waals surface area contributed by atoms with Crippen molar-refractivity contribution in [3.63, 3.8) is 0 Å². The highest BCUT2D eigenvalue weighted by atomic mass is 35.5. The van der Waals surface area contributed by atoms with Gasteiger partial charge in [0.15, 0.2) is 0 Å². The molecular formula is C14H20ClNO2S. The Morgan fingerprint density at radius 1 is 1.42 bits per heavy atom. The molecule has 5 heteroatoms. The molecule has 0 fully saturated rings. The largest absolute Gasteiger partial charge is 0.396 e. The molecule has 0 saturated carbocycles. The van der Waals surface area contributed by atoms with Crippen molar-refractivity contribution < 1.29 is 9.90 Å². The summed E-state index contributed by atoms with van der Waals surface area (Å²) in [5.41, 5.74) is 2.60. The number of hydrogen-bond acceptors (Lipinski definition) is 3. The minimum absolute atomic E-state index is 0.0369. The van der Waals surface area contributed by atoms with Gasteiger partial charge in [-0.1, -0.05) is 11.6 Å². The van der Waals surface area contributed by atoms with E-state index in [1.807, 2.05) is 26.2 Å². The number of carbonyl (C=O) groups excluding carboxylic acids is 1. The van der Waals surface area contributed by atoms with E-state index in [0.29, 0.717) is 17.0 Å². The van der Waals surface area contributed by atoms with Crippen LogP contribution in [0.1, 0.15) is 27.9 Å². The zero-order chi connectivity index (χ0) is 14.4. The van der Waals surface area contributed by atoms with Gasteiger partial charge >= 0.3 is 0 Å². The summed E-state index contributed by atoms with van der Waals surface area (Å²) < 4.78 is 0. The molecule has 1 aromatic rings. The number of hydrogen-bond donors (Lipinski definition) is 2. The summed E-state index contributed by atoms with van der Waals surface area (Å²) in [7, 11) is 0. The van der Waals surface area contributed by atoms with Gasteiger partial charge in [-0.2, -0.15) is 11.8 Å². The SMILES string of the molecule is CSCC(CCO)NC(=O)c1cc(C)c(C)cc1Cl. The summed E-state index contributed by atoms with van der Waals surface area (Å²) in [6.45, 7) is 3.98. The fourth-order valence-electron chi connectivity index (χ4n) is 1.77. The van der Waals surface area contributed by atoms with Gasteiger partial charge in [-0.15, -0.1) is 0 Å². The summed E-state index contributed by atoms with van der Waals surface area (Å²) in [5, 5.41) is 12.4. The molecular weight excluding hydrogens is 282 g/mol. The van der Waals surface area contributed by atoms with Crippen molar-refractivity contribution in [2.75, 3.05) is 18.6 Å². The van der Waals surface area contributed by atoms with Gasteiger partial charge in [0, 0.05) is 18.4 Å². The Bertz CT molecular complexity index is 445. The zero-order valence-electron chi connectivity index (χ0n) is 11.5. The lowest BCUT2D eigenvalue weighted by atomic mass is 10.1. The number of halogens is 1. The van der Waals surface area contributed by atoms with Crippen LogP contribution in [0.2, 0.25) is 5.02 Å². The smallest absolute Gasteiger partial charge is 0.253 e. The second-order valence-electron chi connectivity index (χ2n) is 4.55. The normalized spacial score (nSPS) is 12.3. The predicted molar refractivity (Wildman–Crippen MR) is 82.3 cm³/mol. The van der Waals surface area contributed by atoms with E-state index in [9.17, 15) is 4.79 Å². The molecule has 0 radical (unpaired) electrons. The van der Waals surface area contributed by atoms with E-state index in [4.69, 9.17) is 16.7 Å². The van der Waals surface area contributed by atoms with Crippen LogP contribution in [0, 0.1) is 13.8 Å². The molecule has 1 amide bonds. The maximum atomic E-state index is 12.2. The van der Waals surface area contributed by atoms with Gasteiger partial charge < -0.3 is 10.4 Å². The first kappa shape index (κ1) is 16.3. The van der Waals surface area contributed by atoms with Crippen molar-refractivity contribution >= 4 is 29.3 Å². The lowest BCUT2D eigenvalue weighted by molar-refractivity contribution is 0.0935. The van der Waals surface area contributed by atoms with Crippen LogP contribution in [0.5, 0.6) is 0 Å². The summed E-state index contributed by atoms with van der Waals surface area (Å²) in [6.07, 6.45) is 2.52. The molecule has 1 rings (SSSR count). The van der Waals surface area contributed by atoms with Gasteiger partial charge in [0.05, 0.1) is 10.6 Å². The Hall–Kier alpha value is -0.710. The van der Waals surface area contributed by atoms with Crippen LogP contribution in [-0.2, 0) is 0 Å². The first-order valence-corrected chi connectivity index (χ1v) is 7.94. The van der Waals surface area contributed by atoms with Crippen molar-refractivity contribution in [2.24, 2.45) is 0 Å².